The molecule has 0 saturated carbocycles. The second-order valence-corrected chi connectivity index (χ2v) is 5.59. The van der Waals surface area contributed by atoms with Crippen LogP contribution >= 0.6 is 0 Å². The molecule has 22 heavy (non-hydrogen) atoms. The van der Waals surface area contributed by atoms with E-state index in [1.165, 1.54) is 0 Å². The molecule has 0 bridgehead atoms. The van der Waals surface area contributed by atoms with E-state index < -0.39 is 27.1 Å². The van der Waals surface area contributed by atoms with Crippen LogP contribution in [0.3, 0.4) is 0 Å². The molecule has 1 amide bonds. The molecule has 0 N–H and O–H groups in total. The summed E-state index contributed by atoms with van der Waals surface area (Å²) in [4.78, 5) is 34.7. The SMILES string of the molecule is CC1CCCC(C)N1C(=O)c1cc([N+](=O)[O-])cc([N+](=O)[O-])c1. The van der Waals surface area contributed by atoms with E-state index in [0.717, 1.165) is 37.5 Å². The largest absolute Gasteiger partial charge is 0.333 e. The van der Waals surface area contributed by atoms with Gasteiger partial charge in [0.1, 0.15) is 0 Å². The smallest absolute Gasteiger partial charge is 0.277 e. The second-order valence-electron chi connectivity index (χ2n) is 5.59. The zero-order chi connectivity index (χ0) is 16.4. The first-order valence-corrected chi connectivity index (χ1v) is 7.07. The molecule has 1 aliphatic rings. The van der Waals surface area contributed by atoms with Gasteiger partial charge in [0.2, 0.25) is 0 Å². The van der Waals surface area contributed by atoms with Crippen molar-refractivity contribution in [1.82, 2.24) is 4.90 Å². The molecule has 2 atom stereocenters. The number of likely N-dealkylation sites (tertiary alicyclic amines) is 1. The number of hydrogen-bond acceptors (Lipinski definition) is 5. The molecule has 1 heterocycles. The van der Waals surface area contributed by atoms with Gasteiger partial charge in [-0.3, -0.25) is 25.0 Å². The standard InChI is InChI=1S/C14H17N3O5/c1-9-4-3-5-10(2)15(9)14(18)11-6-12(16(19)20)8-13(7-11)17(21)22/h6-10H,3-5H2,1-2H3. The van der Waals surface area contributed by atoms with E-state index in [1.54, 1.807) is 4.90 Å². The lowest BCUT2D eigenvalue weighted by Crippen LogP contribution is -2.47. The van der Waals surface area contributed by atoms with Gasteiger partial charge in [0.25, 0.3) is 17.3 Å². The molecular formula is C14H17N3O5. The van der Waals surface area contributed by atoms with Crippen molar-refractivity contribution in [2.75, 3.05) is 0 Å². The summed E-state index contributed by atoms with van der Waals surface area (Å²) < 4.78 is 0. The fraction of sp³-hybridized carbons (Fsp3) is 0.500. The number of carbonyl (C=O) groups excluding carboxylic acids is 1. The lowest BCUT2D eigenvalue weighted by molar-refractivity contribution is -0.394. The average molecular weight is 307 g/mol. The number of rotatable bonds is 3. The number of nitro groups is 2. The zero-order valence-electron chi connectivity index (χ0n) is 12.4. The minimum absolute atomic E-state index is 0.00886. The molecule has 0 spiro atoms. The maximum absolute atomic E-state index is 12.7. The van der Waals surface area contributed by atoms with E-state index >= 15 is 0 Å². The first kappa shape index (κ1) is 15.9. The Morgan fingerprint density at radius 3 is 1.91 bits per heavy atom. The monoisotopic (exact) mass is 307 g/mol. The van der Waals surface area contributed by atoms with Crippen LogP contribution in [0.2, 0.25) is 0 Å². The van der Waals surface area contributed by atoms with Gasteiger partial charge in [0.05, 0.1) is 21.5 Å². The molecular weight excluding hydrogens is 290 g/mol. The maximum Gasteiger partial charge on any atom is 0.277 e. The van der Waals surface area contributed by atoms with E-state index in [2.05, 4.69) is 0 Å². The minimum Gasteiger partial charge on any atom is -0.333 e. The predicted molar refractivity (Wildman–Crippen MR) is 78.7 cm³/mol. The van der Waals surface area contributed by atoms with Crippen LogP contribution in [0.5, 0.6) is 0 Å². The van der Waals surface area contributed by atoms with E-state index in [-0.39, 0.29) is 17.6 Å². The van der Waals surface area contributed by atoms with Gasteiger partial charge in [-0.15, -0.1) is 0 Å². The van der Waals surface area contributed by atoms with Crippen LogP contribution in [0, 0.1) is 20.2 Å². The molecule has 8 nitrogen and oxygen atoms in total. The van der Waals surface area contributed by atoms with E-state index in [4.69, 9.17) is 0 Å². The molecule has 2 unspecified atom stereocenters. The average Bonchev–Trinajstić information content (AvgIpc) is 2.46. The molecule has 1 aliphatic heterocycles. The lowest BCUT2D eigenvalue weighted by atomic mass is 9.96. The lowest BCUT2D eigenvalue weighted by Gasteiger charge is -2.39. The topological polar surface area (TPSA) is 107 Å². The molecule has 2 rings (SSSR count). The molecule has 1 aromatic rings. The van der Waals surface area contributed by atoms with Gasteiger partial charge in [-0.05, 0) is 33.1 Å². The third-order valence-electron chi connectivity index (χ3n) is 4.00. The fourth-order valence-corrected chi connectivity index (χ4v) is 2.90. The van der Waals surface area contributed by atoms with Gasteiger partial charge < -0.3 is 4.90 Å². The van der Waals surface area contributed by atoms with E-state index in [9.17, 15) is 25.0 Å². The van der Waals surface area contributed by atoms with Crippen LogP contribution < -0.4 is 0 Å². The summed E-state index contributed by atoms with van der Waals surface area (Å²) in [5.41, 5.74) is -0.911. The molecule has 1 saturated heterocycles. The normalized spacial score (nSPS) is 21.5. The van der Waals surface area contributed by atoms with Gasteiger partial charge in [-0.25, -0.2) is 0 Å². The highest BCUT2D eigenvalue weighted by Gasteiger charge is 2.31. The molecule has 0 aliphatic carbocycles. The molecule has 0 aromatic heterocycles. The minimum atomic E-state index is -0.729. The summed E-state index contributed by atoms with van der Waals surface area (Å²) in [5, 5.41) is 21.8. The van der Waals surface area contributed by atoms with Gasteiger partial charge in [0, 0.05) is 24.2 Å². The second kappa shape index (κ2) is 6.08. The quantitative estimate of drug-likeness (QED) is 0.630. The highest BCUT2D eigenvalue weighted by atomic mass is 16.6. The number of amides is 1. The molecule has 8 heteroatoms. The Bertz CT molecular complexity index is 589. The number of carbonyl (C=O) groups is 1. The molecule has 1 aromatic carbocycles. The van der Waals surface area contributed by atoms with Crippen LogP contribution in [0.25, 0.3) is 0 Å². The number of non-ortho nitro benzene ring substituents is 2. The van der Waals surface area contributed by atoms with Gasteiger partial charge in [-0.1, -0.05) is 0 Å². The van der Waals surface area contributed by atoms with Crippen molar-refractivity contribution in [1.29, 1.82) is 0 Å². The van der Waals surface area contributed by atoms with Crippen molar-refractivity contribution in [3.8, 4) is 0 Å². The number of hydrogen-bond donors (Lipinski definition) is 0. The van der Waals surface area contributed by atoms with Crippen molar-refractivity contribution < 1.29 is 14.6 Å². The van der Waals surface area contributed by atoms with Crippen LogP contribution in [-0.4, -0.2) is 32.7 Å². The van der Waals surface area contributed by atoms with Crippen LogP contribution in [-0.2, 0) is 0 Å². The fourth-order valence-electron chi connectivity index (χ4n) is 2.90. The Morgan fingerprint density at radius 2 is 1.50 bits per heavy atom. The van der Waals surface area contributed by atoms with E-state index in [0.29, 0.717) is 0 Å². The number of nitrogens with zero attached hydrogens (tertiary/aromatic N) is 3. The van der Waals surface area contributed by atoms with Gasteiger partial charge >= 0.3 is 0 Å². The third kappa shape index (κ3) is 3.05. The number of benzene rings is 1. The number of piperidine rings is 1. The van der Waals surface area contributed by atoms with Crippen molar-refractivity contribution >= 4 is 17.3 Å². The molecule has 118 valence electrons. The van der Waals surface area contributed by atoms with Gasteiger partial charge in [-0.2, -0.15) is 0 Å². The van der Waals surface area contributed by atoms with Gasteiger partial charge in [0.15, 0.2) is 0 Å². The Balaban J connectivity index is 2.44. The van der Waals surface area contributed by atoms with E-state index in [1.807, 2.05) is 13.8 Å². The van der Waals surface area contributed by atoms with Crippen molar-refractivity contribution in [3.05, 3.63) is 44.0 Å². The molecule has 1 fully saturated rings. The Labute approximate surface area is 127 Å². The highest BCUT2D eigenvalue weighted by molar-refractivity contribution is 5.96. The van der Waals surface area contributed by atoms with Crippen LogP contribution in [0.1, 0.15) is 43.5 Å². The number of nitro benzene ring substituents is 2. The maximum atomic E-state index is 12.7. The Hall–Kier alpha value is -2.51. The molecule has 0 radical (unpaired) electrons. The zero-order valence-corrected chi connectivity index (χ0v) is 12.4. The first-order chi connectivity index (χ1) is 10.3. The Kier molecular flexibility index (Phi) is 4.39. The summed E-state index contributed by atoms with van der Waals surface area (Å²) in [6.45, 7) is 3.83. The first-order valence-electron chi connectivity index (χ1n) is 7.07. The third-order valence-corrected chi connectivity index (χ3v) is 4.00. The summed E-state index contributed by atoms with van der Waals surface area (Å²) in [6, 6.07) is 3.08. The van der Waals surface area contributed by atoms with Crippen LogP contribution in [0.4, 0.5) is 11.4 Å². The summed E-state index contributed by atoms with van der Waals surface area (Å²) >= 11 is 0. The predicted octanol–water partition coefficient (Wildman–Crippen LogP) is 2.91. The highest BCUT2D eigenvalue weighted by Crippen LogP contribution is 2.28. The summed E-state index contributed by atoms with van der Waals surface area (Å²) in [7, 11) is 0. The van der Waals surface area contributed by atoms with Crippen molar-refractivity contribution in [3.63, 3.8) is 0 Å². The van der Waals surface area contributed by atoms with Crippen molar-refractivity contribution in [2.45, 2.75) is 45.2 Å². The van der Waals surface area contributed by atoms with Crippen LogP contribution in [0.15, 0.2) is 18.2 Å². The summed E-state index contributed by atoms with van der Waals surface area (Å²) in [5.74, 6) is -0.397. The summed E-state index contributed by atoms with van der Waals surface area (Å²) in [6.07, 6.45) is 2.72. The van der Waals surface area contributed by atoms with Crippen molar-refractivity contribution in [2.24, 2.45) is 0 Å². The Morgan fingerprint density at radius 1 is 1.05 bits per heavy atom.